The molecule has 0 spiro atoms. The number of nitrogens with zero attached hydrogens (tertiary/aromatic N) is 3. The van der Waals surface area contributed by atoms with Crippen molar-refractivity contribution in [2.24, 2.45) is 0 Å². The number of hydrogen-bond acceptors (Lipinski definition) is 9. The molecule has 1 atom stereocenters. The van der Waals surface area contributed by atoms with Crippen molar-refractivity contribution in [3.05, 3.63) is 89.6 Å². The van der Waals surface area contributed by atoms with Crippen molar-refractivity contribution in [2.45, 2.75) is 38.8 Å². The zero-order valence-electron chi connectivity index (χ0n) is 26.8. The molecule has 2 N–H and O–H groups in total. The number of furan rings is 1. The van der Waals surface area contributed by atoms with E-state index in [1.807, 2.05) is 0 Å². The largest absolute Gasteiger partial charge is 0.467 e. The molecular weight excluding hydrogens is 621 g/mol. The summed E-state index contributed by atoms with van der Waals surface area (Å²) in [5.74, 6) is -1.55. The van der Waals surface area contributed by atoms with E-state index < -0.39 is 23.4 Å². The van der Waals surface area contributed by atoms with Gasteiger partial charge in [-0.3, -0.25) is 9.59 Å². The average molecular weight is 656 g/mol. The van der Waals surface area contributed by atoms with Gasteiger partial charge in [-0.25, -0.2) is 14.2 Å². The molecular formula is C35H34FN5O7. The Morgan fingerprint density at radius 3 is 2.60 bits per heavy atom. The second-order valence-electron chi connectivity index (χ2n) is 12.0. The number of methoxy groups -OCH3 is 1. The molecule has 0 radical (unpaired) electrons. The summed E-state index contributed by atoms with van der Waals surface area (Å²) in [6.07, 6.45) is 1.45. The van der Waals surface area contributed by atoms with Gasteiger partial charge in [0.1, 0.15) is 28.8 Å². The van der Waals surface area contributed by atoms with Gasteiger partial charge in [0.05, 0.1) is 12.0 Å². The monoisotopic (exact) mass is 655 g/mol. The molecule has 2 aromatic carbocycles. The van der Waals surface area contributed by atoms with Crippen LogP contribution in [0.1, 0.15) is 53.7 Å². The molecule has 0 aliphatic carbocycles. The number of nitrogens with one attached hydrogen (secondary N) is 2. The third-order valence-corrected chi connectivity index (χ3v) is 7.27. The molecule has 3 heterocycles. The van der Waals surface area contributed by atoms with Crippen molar-refractivity contribution < 1.29 is 37.4 Å². The first-order valence-electron chi connectivity index (χ1n) is 15.1. The molecule has 4 aromatic rings. The van der Waals surface area contributed by atoms with Crippen molar-refractivity contribution in [1.29, 1.82) is 5.26 Å². The maximum atomic E-state index is 14.2. The normalized spacial score (nSPS) is 14.2. The third-order valence-electron chi connectivity index (χ3n) is 7.27. The van der Waals surface area contributed by atoms with Gasteiger partial charge in [-0.15, -0.1) is 0 Å². The van der Waals surface area contributed by atoms with Gasteiger partial charge in [0, 0.05) is 49.0 Å². The van der Waals surface area contributed by atoms with E-state index in [-0.39, 0.29) is 47.3 Å². The predicted octanol–water partition coefficient (Wildman–Crippen LogP) is 5.99. The van der Waals surface area contributed by atoms with Gasteiger partial charge in [-0.2, -0.15) is 5.26 Å². The van der Waals surface area contributed by atoms with E-state index in [4.69, 9.17) is 18.6 Å². The number of ether oxygens (including phenoxy) is 3. The first kappa shape index (κ1) is 33.6. The number of pyridine rings is 1. The second-order valence-corrected chi connectivity index (χ2v) is 12.0. The van der Waals surface area contributed by atoms with Gasteiger partial charge in [0.25, 0.3) is 11.8 Å². The van der Waals surface area contributed by atoms with E-state index in [9.17, 15) is 24.0 Å². The summed E-state index contributed by atoms with van der Waals surface area (Å²) >= 11 is 0. The molecule has 0 saturated carbocycles. The second kappa shape index (κ2) is 14.4. The first-order valence-corrected chi connectivity index (χ1v) is 15.1. The number of hydrogen-bond donors (Lipinski definition) is 2. The Bertz CT molecular complexity index is 1860. The van der Waals surface area contributed by atoms with E-state index in [0.29, 0.717) is 41.8 Å². The molecule has 3 amide bonds. The van der Waals surface area contributed by atoms with Crippen LogP contribution in [0.25, 0.3) is 22.4 Å². The van der Waals surface area contributed by atoms with Crippen molar-refractivity contribution in [1.82, 2.24) is 15.2 Å². The number of rotatable bonds is 9. The highest BCUT2D eigenvalue weighted by atomic mass is 19.1. The van der Waals surface area contributed by atoms with Gasteiger partial charge in [0.2, 0.25) is 0 Å². The van der Waals surface area contributed by atoms with E-state index in [2.05, 4.69) is 21.7 Å². The van der Waals surface area contributed by atoms with Crippen LogP contribution in [0.2, 0.25) is 0 Å². The maximum Gasteiger partial charge on any atom is 0.410 e. The molecule has 1 aliphatic rings. The SMILES string of the molecule is COCOc1cc(F)ccc1-c1cc(-c2cccc(C(=O)NC3CCN(C(=O)OC(C)(C)C)C3)c2)c(C#N)c(NC(=O)c2ccco2)n1. The number of likely N-dealkylation sites (tertiary alicyclic amines) is 1. The molecule has 0 bridgehead atoms. The number of halogens is 1. The minimum Gasteiger partial charge on any atom is -0.467 e. The molecule has 48 heavy (non-hydrogen) atoms. The summed E-state index contributed by atoms with van der Waals surface area (Å²) in [7, 11) is 1.42. The summed E-state index contributed by atoms with van der Waals surface area (Å²) in [4.78, 5) is 45.0. The fourth-order valence-corrected chi connectivity index (χ4v) is 5.11. The van der Waals surface area contributed by atoms with Crippen LogP contribution in [0.4, 0.5) is 15.0 Å². The Labute approximate surface area is 276 Å². The lowest BCUT2D eigenvalue weighted by molar-refractivity contribution is 0.0289. The summed E-state index contributed by atoms with van der Waals surface area (Å²) in [5, 5.41) is 15.9. The lowest BCUT2D eigenvalue weighted by Gasteiger charge is -2.24. The third kappa shape index (κ3) is 7.97. The Hall–Kier alpha value is -5.74. The van der Waals surface area contributed by atoms with Crippen molar-refractivity contribution in [3.8, 4) is 34.2 Å². The summed E-state index contributed by atoms with van der Waals surface area (Å²) in [5.41, 5.74) is 1.10. The van der Waals surface area contributed by atoms with Crippen LogP contribution >= 0.6 is 0 Å². The first-order chi connectivity index (χ1) is 23.0. The number of amides is 3. The van der Waals surface area contributed by atoms with Crippen LogP contribution in [-0.4, -0.2) is 66.4 Å². The molecule has 13 heteroatoms. The molecule has 1 aliphatic heterocycles. The number of carbonyl (C=O) groups is 3. The van der Waals surface area contributed by atoms with Gasteiger partial charge in [0.15, 0.2) is 18.4 Å². The lowest BCUT2D eigenvalue weighted by atomic mass is 9.96. The lowest BCUT2D eigenvalue weighted by Crippen LogP contribution is -2.40. The van der Waals surface area contributed by atoms with Crippen LogP contribution in [0.3, 0.4) is 0 Å². The molecule has 2 aromatic heterocycles. The van der Waals surface area contributed by atoms with E-state index >= 15 is 0 Å². The van der Waals surface area contributed by atoms with E-state index in [1.165, 1.54) is 37.6 Å². The number of nitriles is 1. The zero-order valence-corrected chi connectivity index (χ0v) is 26.8. The van der Waals surface area contributed by atoms with Gasteiger partial charge < -0.3 is 34.2 Å². The van der Waals surface area contributed by atoms with Gasteiger partial charge in [-0.05, 0) is 75.2 Å². The highest BCUT2D eigenvalue weighted by molar-refractivity contribution is 6.03. The Morgan fingerprint density at radius 2 is 1.90 bits per heavy atom. The fourth-order valence-electron chi connectivity index (χ4n) is 5.11. The van der Waals surface area contributed by atoms with E-state index in [1.54, 1.807) is 62.1 Å². The average Bonchev–Trinajstić information content (AvgIpc) is 3.76. The highest BCUT2D eigenvalue weighted by Crippen LogP contribution is 2.37. The van der Waals surface area contributed by atoms with Crippen molar-refractivity contribution in [3.63, 3.8) is 0 Å². The Morgan fingerprint density at radius 1 is 1.08 bits per heavy atom. The number of benzene rings is 2. The summed E-state index contributed by atoms with van der Waals surface area (Å²) in [6.45, 7) is 5.95. The quantitative estimate of drug-likeness (QED) is 0.207. The van der Waals surface area contributed by atoms with Crippen LogP contribution in [0.5, 0.6) is 5.75 Å². The molecule has 5 rings (SSSR count). The molecule has 12 nitrogen and oxygen atoms in total. The molecule has 1 saturated heterocycles. The predicted molar refractivity (Wildman–Crippen MR) is 173 cm³/mol. The van der Waals surface area contributed by atoms with Crippen LogP contribution in [-0.2, 0) is 9.47 Å². The maximum absolute atomic E-state index is 14.2. The van der Waals surface area contributed by atoms with Crippen LogP contribution in [0, 0.1) is 17.1 Å². The smallest absolute Gasteiger partial charge is 0.410 e. The van der Waals surface area contributed by atoms with Crippen LogP contribution < -0.4 is 15.4 Å². The van der Waals surface area contributed by atoms with E-state index in [0.717, 1.165) is 0 Å². The number of carbonyl (C=O) groups excluding carboxylic acids is 3. The number of anilines is 1. The van der Waals surface area contributed by atoms with Gasteiger partial charge >= 0.3 is 6.09 Å². The minimum atomic E-state index is -0.646. The van der Waals surface area contributed by atoms with Crippen LogP contribution in [0.15, 0.2) is 71.3 Å². The number of aromatic nitrogens is 1. The van der Waals surface area contributed by atoms with Crippen molar-refractivity contribution >= 4 is 23.7 Å². The summed E-state index contributed by atoms with van der Waals surface area (Å²) in [6, 6.07) is 16.9. The summed E-state index contributed by atoms with van der Waals surface area (Å²) < 4.78 is 35.5. The highest BCUT2D eigenvalue weighted by Gasteiger charge is 2.31. The topological polar surface area (TPSA) is 156 Å². The van der Waals surface area contributed by atoms with Crippen molar-refractivity contribution in [2.75, 3.05) is 32.3 Å². The molecule has 248 valence electrons. The standard InChI is InChI=1S/C35H34FN5O7/c1-35(2,3)48-34(44)41-13-12-24(19-41)38-32(42)22-8-5-7-21(15-22)26-17-28(25-11-10-23(36)16-30(25)47-20-45-4)39-31(27(26)18-37)40-33(43)29-9-6-14-46-29/h5-11,14-17,24H,12-13,19-20H2,1-4H3,(H,38,42)(H,39,40,43). The fraction of sp³-hybridized carbons (Fsp3) is 0.286. The Balaban J connectivity index is 1.49. The Kier molecular flexibility index (Phi) is 10.1. The molecule has 1 unspecified atom stereocenters. The van der Waals surface area contributed by atoms with Gasteiger partial charge in [-0.1, -0.05) is 12.1 Å². The zero-order chi connectivity index (χ0) is 34.4. The molecule has 1 fully saturated rings. The minimum absolute atomic E-state index is 0.00522.